The molecule has 6 nitrogen and oxygen atoms in total. The molecule has 0 amide bonds. The maximum Gasteiger partial charge on any atom is 0.411 e. The first-order valence-corrected chi connectivity index (χ1v) is 7.28. The van der Waals surface area contributed by atoms with Gasteiger partial charge in [-0.1, -0.05) is 0 Å². The number of hydrogen-bond donors (Lipinski definition) is 1. The Bertz CT molecular complexity index is 566. The zero-order chi connectivity index (χ0) is 15.6. The van der Waals surface area contributed by atoms with Gasteiger partial charge in [0, 0.05) is 13.2 Å². The van der Waals surface area contributed by atoms with Gasteiger partial charge in [-0.15, -0.1) is 0 Å². The predicted octanol–water partition coefficient (Wildman–Crippen LogP) is 1.12. The lowest BCUT2D eigenvalue weighted by atomic mass is 10.4. The van der Waals surface area contributed by atoms with Crippen LogP contribution in [-0.4, -0.2) is 37.6 Å². The lowest BCUT2D eigenvalue weighted by molar-refractivity contribution is -0.174. The van der Waals surface area contributed by atoms with Crippen molar-refractivity contribution in [2.45, 2.75) is 37.9 Å². The van der Waals surface area contributed by atoms with Gasteiger partial charge in [-0.2, -0.15) is 18.3 Å². The highest BCUT2D eigenvalue weighted by Crippen LogP contribution is 2.18. The summed E-state index contributed by atoms with van der Waals surface area (Å²) in [6.07, 6.45) is -4.07. The third-order valence-electron chi connectivity index (χ3n) is 2.52. The van der Waals surface area contributed by atoms with Crippen molar-refractivity contribution in [1.29, 1.82) is 0 Å². The van der Waals surface area contributed by atoms with Gasteiger partial charge in [0.2, 0.25) is 10.0 Å². The summed E-state index contributed by atoms with van der Waals surface area (Å²) in [5, 5.41) is 9.07. The molecular weight excluding hydrogens is 299 g/mol. The number of nitrogens with zero attached hydrogens (tertiary/aromatic N) is 2. The summed E-state index contributed by atoms with van der Waals surface area (Å²) in [6.45, 7) is 1.90. The predicted molar refractivity (Wildman–Crippen MR) is 64.6 cm³/mol. The summed E-state index contributed by atoms with van der Waals surface area (Å²) in [6, 6.07) is 0. The number of primary sulfonamides is 1. The largest absolute Gasteiger partial charge is 0.411 e. The average Bonchev–Trinajstić information content (AvgIpc) is 2.51. The van der Waals surface area contributed by atoms with Gasteiger partial charge in [0.15, 0.2) is 0 Å². The molecule has 0 fully saturated rings. The Balaban J connectivity index is 2.59. The van der Waals surface area contributed by atoms with E-state index in [1.54, 1.807) is 0 Å². The minimum atomic E-state index is -4.35. The quantitative estimate of drug-likeness (QED) is 0.797. The summed E-state index contributed by atoms with van der Waals surface area (Å²) in [7, 11) is -3.86. The number of alkyl halides is 3. The first-order chi connectivity index (χ1) is 9.02. The van der Waals surface area contributed by atoms with Crippen molar-refractivity contribution in [2.24, 2.45) is 5.14 Å². The molecule has 0 spiro atoms. The third-order valence-corrected chi connectivity index (χ3v) is 3.68. The van der Waals surface area contributed by atoms with Gasteiger partial charge in [0.05, 0.1) is 11.4 Å². The summed E-state index contributed by atoms with van der Waals surface area (Å²) >= 11 is 0. The lowest BCUT2D eigenvalue weighted by Gasteiger charge is -2.08. The standard InChI is InChI=1S/C10H16F3N3O3S/c1-7-9(20(14,17)18)8(2)16(15-7)4-3-5-19-6-10(11,12)13/h3-6H2,1-2H3,(H2,14,17,18). The smallest absolute Gasteiger partial charge is 0.372 e. The number of halogens is 3. The fourth-order valence-electron chi connectivity index (χ4n) is 1.81. The number of ether oxygens (including phenoxy) is 1. The lowest BCUT2D eigenvalue weighted by Crippen LogP contribution is -2.18. The molecule has 0 aliphatic carbocycles. The van der Waals surface area contributed by atoms with Crippen molar-refractivity contribution in [3.63, 3.8) is 0 Å². The number of hydrogen-bond acceptors (Lipinski definition) is 4. The molecule has 20 heavy (non-hydrogen) atoms. The molecule has 116 valence electrons. The molecule has 1 rings (SSSR count). The zero-order valence-electron chi connectivity index (χ0n) is 11.1. The molecule has 0 saturated carbocycles. The van der Waals surface area contributed by atoms with Crippen molar-refractivity contribution in [1.82, 2.24) is 9.78 Å². The maximum absolute atomic E-state index is 11.8. The van der Waals surface area contributed by atoms with Gasteiger partial charge in [-0.25, -0.2) is 13.6 Å². The molecule has 2 N–H and O–H groups in total. The van der Waals surface area contributed by atoms with Crippen LogP contribution in [0.25, 0.3) is 0 Å². The minimum Gasteiger partial charge on any atom is -0.372 e. The van der Waals surface area contributed by atoms with Crippen LogP contribution >= 0.6 is 0 Å². The van der Waals surface area contributed by atoms with Crippen LogP contribution in [0.3, 0.4) is 0 Å². The van der Waals surface area contributed by atoms with E-state index < -0.39 is 22.8 Å². The maximum atomic E-state index is 11.8. The van der Waals surface area contributed by atoms with E-state index in [1.165, 1.54) is 18.5 Å². The van der Waals surface area contributed by atoms with Crippen LogP contribution in [0.1, 0.15) is 17.8 Å². The number of aryl methyl sites for hydroxylation is 2. The van der Waals surface area contributed by atoms with E-state index >= 15 is 0 Å². The van der Waals surface area contributed by atoms with Crippen molar-refractivity contribution < 1.29 is 26.3 Å². The second kappa shape index (κ2) is 6.10. The van der Waals surface area contributed by atoms with E-state index in [4.69, 9.17) is 5.14 Å². The van der Waals surface area contributed by atoms with Gasteiger partial charge in [0.25, 0.3) is 0 Å². The van der Waals surface area contributed by atoms with E-state index in [2.05, 4.69) is 9.84 Å². The van der Waals surface area contributed by atoms with Crippen LogP contribution in [0.15, 0.2) is 4.90 Å². The topological polar surface area (TPSA) is 87.2 Å². The molecule has 1 aromatic rings. The Labute approximate surface area is 114 Å². The van der Waals surface area contributed by atoms with E-state index in [1.807, 2.05) is 0 Å². The molecule has 0 atom stereocenters. The van der Waals surface area contributed by atoms with Gasteiger partial charge in [-0.3, -0.25) is 4.68 Å². The fraction of sp³-hybridized carbons (Fsp3) is 0.700. The summed E-state index contributed by atoms with van der Waals surface area (Å²) in [5.74, 6) is 0. The van der Waals surface area contributed by atoms with E-state index in [-0.39, 0.29) is 30.2 Å². The number of aromatic nitrogens is 2. The Morgan fingerprint density at radius 3 is 2.40 bits per heavy atom. The highest BCUT2D eigenvalue weighted by atomic mass is 32.2. The molecule has 0 saturated heterocycles. The van der Waals surface area contributed by atoms with E-state index in [0.717, 1.165) is 0 Å². The van der Waals surface area contributed by atoms with Gasteiger partial charge in [-0.05, 0) is 20.3 Å². The minimum absolute atomic E-state index is 0.0475. The molecule has 10 heteroatoms. The van der Waals surface area contributed by atoms with Crippen LogP contribution in [0.5, 0.6) is 0 Å². The zero-order valence-corrected chi connectivity index (χ0v) is 11.9. The Kier molecular flexibility index (Phi) is 5.16. The molecule has 0 radical (unpaired) electrons. The molecule has 0 bridgehead atoms. The molecule has 1 heterocycles. The van der Waals surface area contributed by atoms with E-state index in [9.17, 15) is 21.6 Å². The van der Waals surface area contributed by atoms with Crippen LogP contribution in [0, 0.1) is 13.8 Å². The van der Waals surface area contributed by atoms with Crippen molar-refractivity contribution >= 4 is 10.0 Å². The molecular formula is C10H16F3N3O3S. The third kappa shape index (κ3) is 4.76. The van der Waals surface area contributed by atoms with Crippen molar-refractivity contribution in [2.75, 3.05) is 13.2 Å². The fourth-order valence-corrected chi connectivity index (χ4v) is 2.78. The van der Waals surface area contributed by atoms with Crippen LogP contribution in [0.2, 0.25) is 0 Å². The Morgan fingerprint density at radius 1 is 1.35 bits per heavy atom. The second-order valence-electron chi connectivity index (χ2n) is 4.29. The average molecular weight is 315 g/mol. The molecule has 1 aromatic heterocycles. The number of sulfonamides is 1. The second-order valence-corrected chi connectivity index (χ2v) is 5.79. The summed E-state index contributed by atoms with van der Waals surface area (Å²) in [5.41, 5.74) is 0.627. The monoisotopic (exact) mass is 315 g/mol. The van der Waals surface area contributed by atoms with Gasteiger partial charge >= 0.3 is 6.18 Å². The Hall–Kier alpha value is -1.13. The number of rotatable bonds is 6. The molecule has 0 unspecified atom stereocenters. The SMILES string of the molecule is Cc1nn(CCCOCC(F)(F)F)c(C)c1S(N)(=O)=O. The highest BCUT2D eigenvalue weighted by Gasteiger charge is 2.27. The van der Waals surface area contributed by atoms with Gasteiger partial charge in [0.1, 0.15) is 11.5 Å². The van der Waals surface area contributed by atoms with Crippen LogP contribution in [-0.2, 0) is 21.3 Å². The highest BCUT2D eigenvalue weighted by molar-refractivity contribution is 7.89. The molecule has 0 aliphatic heterocycles. The Morgan fingerprint density at radius 2 is 1.95 bits per heavy atom. The molecule has 0 aliphatic rings. The van der Waals surface area contributed by atoms with Crippen molar-refractivity contribution in [3.05, 3.63) is 11.4 Å². The van der Waals surface area contributed by atoms with Crippen molar-refractivity contribution in [3.8, 4) is 0 Å². The van der Waals surface area contributed by atoms with Crippen LogP contribution < -0.4 is 5.14 Å². The summed E-state index contributed by atoms with van der Waals surface area (Å²) in [4.78, 5) is -0.0475. The van der Waals surface area contributed by atoms with Gasteiger partial charge < -0.3 is 4.74 Å². The summed E-state index contributed by atoms with van der Waals surface area (Å²) < 4.78 is 64.1. The van der Waals surface area contributed by atoms with Crippen LogP contribution in [0.4, 0.5) is 13.2 Å². The first-order valence-electron chi connectivity index (χ1n) is 5.73. The number of nitrogens with two attached hydrogens (primary N) is 1. The normalized spacial score (nSPS) is 12.9. The first kappa shape index (κ1) is 16.9. The van der Waals surface area contributed by atoms with E-state index in [0.29, 0.717) is 5.69 Å². The molecule has 0 aromatic carbocycles.